The van der Waals surface area contributed by atoms with Gasteiger partial charge in [-0.2, -0.15) is 0 Å². The van der Waals surface area contributed by atoms with Crippen LogP contribution >= 0.6 is 11.8 Å². The van der Waals surface area contributed by atoms with E-state index in [-0.39, 0.29) is 12.7 Å². The van der Waals surface area contributed by atoms with Crippen LogP contribution in [0, 0.1) is 0 Å². The number of nitrogens with one attached hydrogen (secondary N) is 1. The molecule has 1 aromatic carbocycles. The molecule has 1 amide bonds. The van der Waals surface area contributed by atoms with Crippen LogP contribution in [-0.4, -0.2) is 28.0 Å². The molecular formula is C18H17N3O4S. The molecule has 0 saturated heterocycles. The van der Waals surface area contributed by atoms with Crippen LogP contribution in [0.3, 0.4) is 0 Å². The molecule has 1 N–H and O–H groups in total. The molecule has 7 nitrogen and oxygen atoms in total. The first-order valence-corrected chi connectivity index (χ1v) is 9.08. The monoisotopic (exact) mass is 371 g/mol. The molecular weight excluding hydrogens is 354 g/mol. The molecule has 4 rings (SSSR count). The maximum absolute atomic E-state index is 12.1. The average Bonchev–Trinajstić information content (AvgIpc) is 3.40. The number of hydrogen-bond acceptors (Lipinski definition) is 6. The summed E-state index contributed by atoms with van der Waals surface area (Å²) in [7, 11) is 0. The number of benzene rings is 1. The summed E-state index contributed by atoms with van der Waals surface area (Å²) in [5, 5.41) is 3.68. The second kappa shape index (κ2) is 7.57. The maximum atomic E-state index is 12.1. The molecule has 0 unspecified atom stereocenters. The van der Waals surface area contributed by atoms with Gasteiger partial charge in [-0.1, -0.05) is 17.8 Å². The van der Waals surface area contributed by atoms with Gasteiger partial charge in [-0.05, 0) is 29.8 Å². The number of carbonyl (C=O) groups excluding carboxylic acids is 1. The van der Waals surface area contributed by atoms with Gasteiger partial charge in [-0.15, -0.1) is 0 Å². The minimum Gasteiger partial charge on any atom is -0.467 e. The van der Waals surface area contributed by atoms with Crippen LogP contribution < -0.4 is 14.8 Å². The molecule has 0 bridgehead atoms. The third-order valence-electron chi connectivity index (χ3n) is 3.84. The molecule has 0 fully saturated rings. The fourth-order valence-corrected chi connectivity index (χ4v) is 3.35. The molecule has 0 saturated carbocycles. The Kier molecular flexibility index (Phi) is 4.83. The summed E-state index contributed by atoms with van der Waals surface area (Å²) in [6, 6.07) is 9.40. The second-order valence-electron chi connectivity index (χ2n) is 5.67. The maximum Gasteiger partial charge on any atom is 0.231 e. The van der Waals surface area contributed by atoms with Gasteiger partial charge in [0.2, 0.25) is 12.7 Å². The molecule has 0 aliphatic carbocycles. The molecule has 0 atom stereocenters. The summed E-state index contributed by atoms with van der Waals surface area (Å²) in [6.45, 7) is 1.28. The summed E-state index contributed by atoms with van der Waals surface area (Å²) in [6.07, 6.45) is 5.23. The van der Waals surface area contributed by atoms with E-state index in [0.717, 1.165) is 22.2 Å². The first-order valence-electron chi connectivity index (χ1n) is 8.09. The third kappa shape index (κ3) is 3.85. The van der Waals surface area contributed by atoms with E-state index in [1.165, 1.54) is 11.8 Å². The zero-order valence-corrected chi connectivity index (χ0v) is 14.7. The molecule has 1 aliphatic rings. The van der Waals surface area contributed by atoms with Gasteiger partial charge < -0.3 is 23.8 Å². The third-order valence-corrected chi connectivity index (χ3v) is 4.85. The van der Waals surface area contributed by atoms with Crippen LogP contribution in [0.25, 0.3) is 0 Å². The van der Waals surface area contributed by atoms with Crippen molar-refractivity contribution in [3.8, 4) is 11.5 Å². The van der Waals surface area contributed by atoms with Gasteiger partial charge >= 0.3 is 0 Å². The first-order chi connectivity index (χ1) is 12.8. The Hall–Kier alpha value is -2.87. The van der Waals surface area contributed by atoms with E-state index in [1.54, 1.807) is 12.5 Å². The second-order valence-corrected chi connectivity index (χ2v) is 6.61. The molecule has 134 valence electrons. The summed E-state index contributed by atoms with van der Waals surface area (Å²) >= 11 is 1.39. The van der Waals surface area contributed by atoms with Crippen molar-refractivity contribution in [1.29, 1.82) is 0 Å². The number of amides is 1. The standard InChI is InChI=1S/C18H17N3O4S/c22-17(20-9-13-3-4-15-16(8-13)25-12-24-15)11-26-18-19-5-6-21(18)10-14-2-1-7-23-14/h1-8H,9-12H2,(H,20,22). The number of ether oxygens (including phenoxy) is 2. The van der Waals surface area contributed by atoms with Crippen molar-refractivity contribution >= 4 is 17.7 Å². The van der Waals surface area contributed by atoms with E-state index >= 15 is 0 Å². The Morgan fingerprint density at radius 2 is 2.19 bits per heavy atom. The molecule has 26 heavy (non-hydrogen) atoms. The quantitative estimate of drug-likeness (QED) is 0.644. The van der Waals surface area contributed by atoms with Crippen molar-refractivity contribution in [2.24, 2.45) is 0 Å². The van der Waals surface area contributed by atoms with E-state index in [9.17, 15) is 4.79 Å². The highest BCUT2D eigenvalue weighted by Gasteiger charge is 2.14. The smallest absolute Gasteiger partial charge is 0.231 e. The molecule has 8 heteroatoms. The minimum absolute atomic E-state index is 0.0554. The highest BCUT2D eigenvalue weighted by Crippen LogP contribution is 2.32. The predicted molar refractivity (Wildman–Crippen MR) is 95.2 cm³/mol. The largest absolute Gasteiger partial charge is 0.467 e. The Morgan fingerprint density at radius 1 is 1.27 bits per heavy atom. The van der Waals surface area contributed by atoms with Crippen LogP contribution in [0.15, 0.2) is 58.6 Å². The lowest BCUT2D eigenvalue weighted by Gasteiger charge is -2.07. The van der Waals surface area contributed by atoms with Crippen molar-refractivity contribution in [2.75, 3.05) is 12.5 Å². The number of hydrogen-bond donors (Lipinski definition) is 1. The highest BCUT2D eigenvalue weighted by molar-refractivity contribution is 7.99. The van der Waals surface area contributed by atoms with Crippen LogP contribution in [0.5, 0.6) is 11.5 Å². The Bertz CT molecular complexity index is 892. The number of fused-ring (bicyclic) bond motifs is 1. The number of imidazole rings is 1. The van der Waals surface area contributed by atoms with Crippen molar-refractivity contribution in [2.45, 2.75) is 18.2 Å². The lowest BCUT2D eigenvalue weighted by molar-refractivity contribution is -0.118. The summed E-state index contributed by atoms with van der Waals surface area (Å²) in [5.74, 6) is 2.53. The van der Waals surface area contributed by atoms with Crippen LogP contribution in [0.1, 0.15) is 11.3 Å². The number of carbonyl (C=O) groups is 1. The topological polar surface area (TPSA) is 78.5 Å². The number of rotatable bonds is 7. The van der Waals surface area contributed by atoms with E-state index < -0.39 is 0 Å². The lowest BCUT2D eigenvalue weighted by atomic mass is 10.2. The fraction of sp³-hybridized carbons (Fsp3) is 0.222. The lowest BCUT2D eigenvalue weighted by Crippen LogP contribution is -2.24. The average molecular weight is 371 g/mol. The van der Waals surface area contributed by atoms with E-state index in [1.807, 2.05) is 41.1 Å². The van der Waals surface area contributed by atoms with Gasteiger partial charge in [0.1, 0.15) is 5.76 Å². The van der Waals surface area contributed by atoms with E-state index in [4.69, 9.17) is 13.9 Å². The molecule has 0 radical (unpaired) electrons. The summed E-state index contributed by atoms with van der Waals surface area (Å²) in [4.78, 5) is 16.4. The molecule has 3 aromatic rings. The first kappa shape index (κ1) is 16.6. The minimum atomic E-state index is -0.0554. The predicted octanol–water partition coefficient (Wildman–Crippen LogP) is 2.66. The van der Waals surface area contributed by atoms with E-state index in [0.29, 0.717) is 24.6 Å². The van der Waals surface area contributed by atoms with Gasteiger partial charge in [0.05, 0.1) is 18.6 Å². The van der Waals surface area contributed by atoms with Gasteiger partial charge in [-0.25, -0.2) is 4.98 Å². The van der Waals surface area contributed by atoms with Gasteiger partial charge in [0.25, 0.3) is 0 Å². The van der Waals surface area contributed by atoms with Crippen LogP contribution in [0.2, 0.25) is 0 Å². The number of aromatic nitrogens is 2. The normalized spacial score (nSPS) is 12.3. The Balaban J connectivity index is 1.27. The Labute approximate surface area is 154 Å². The van der Waals surface area contributed by atoms with Crippen molar-refractivity contribution < 1.29 is 18.7 Å². The molecule has 0 spiro atoms. The van der Waals surface area contributed by atoms with Crippen molar-refractivity contribution in [1.82, 2.24) is 14.9 Å². The zero-order chi connectivity index (χ0) is 17.8. The van der Waals surface area contributed by atoms with Crippen molar-refractivity contribution in [3.63, 3.8) is 0 Å². The molecule has 2 aromatic heterocycles. The van der Waals surface area contributed by atoms with Gasteiger partial charge in [0, 0.05) is 18.9 Å². The number of thioether (sulfide) groups is 1. The molecule has 1 aliphatic heterocycles. The Morgan fingerprint density at radius 3 is 3.08 bits per heavy atom. The van der Waals surface area contributed by atoms with Crippen LogP contribution in [-0.2, 0) is 17.9 Å². The van der Waals surface area contributed by atoms with E-state index in [2.05, 4.69) is 10.3 Å². The summed E-state index contributed by atoms with van der Waals surface area (Å²) in [5.41, 5.74) is 0.965. The number of furan rings is 1. The zero-order valence-electron chi connectivity index (χ0n) is 13.9. The highest BCUT2D eigenvalue weighted by atomic mass is 32.2. The summed E-state index contributed by atoms with van der Waals surface area (Å²) < 4.78 is 17.9. The van der Waals surface area contributed by atoms with Gasteiger partial charge in [0.15, 0.2) is 16.7 Å². The molecule has 3 heterocycles. The number of nitrogens with zero attached hydrogens (tertiary/aromatic N) is 2. The van der Waals surface area contributed by atoms with Crippen molar-refractivity contribution in [3.05, 3.63) is 60.3 Å². The SMILES string of the molecule is O=C(CSc1nccn1Cc1ccco1)NCc1ccc2c(c1)OCO2. The van der Waals surface area contributed by atoms with Gasteiger partial charge in [-0.3, -0.25) is 4.79 Å². The van der Waals surface area contributed by atoms with Crippen LogP contribution in [0.4, 0.5) is 0 Å². The fourth-order valence-electron chi connectivity index (χ4n) is 2.56.